The van der Waals surface area contributed by atoms with Crippen LogP contribution in [-0.4, -0.2) is 141 Å². The number of ketones is 3. The minimum atomic E-state index is -2.20. The second-order valence-electron chi connectivity index (χ2n) is 35.1. The van der Waals surface area contributed by atoms with Gasteiger partial charge in [0.05, 0.1) is 42.0 Å². The van der Waals surface area contributed by atoms with Crippen molar-refractivity contribution in [3.8, 4) is 17.2 Å². The number of phenolic OH excluding ortho intramolecular Hbond substituents is 2. The van der Waals surface area contributed by atoms with Gasteiger partial charge in [-0.05, 0) is 201 Å². The molecule has 1 aliphatic heterocycles. The summed E-state index contributed by atoms with van der Waals surface area (Å²) in [6, 6.07) is -1.23. The zero-order chi connectivity index (χ0) is 79.4. The maximum absolute atomic E-state index is 14.4. The van der Waals surface area contributed by atoms with Crippen LogP contribution in [0.2, 0.25) is 0 Å². The Morgan fingerprint density at radius 2 is 1.28 bits per heavy atom. The van der Waals surface area contributed by atoms with Gasteiger partial charge in [-0.2, -0.15) is 0 Å². The molecule has 6 aliphatic carbocycles. The van der Waals surface area contributed by atoms with Crippen LogP contribution in [-0.2, 0) is 54.2 Å². The Bertz CT molecular complexity index is 3590. The Morgan fingerprint density at radius 3 is 1.92 bits per heavy atom. The topological polar surface area (TPSA) is 332 Å². The van der Waals surface area contributed by atoms with Crippen LogP contribution in [0.3, 0.4) is 0 Å². The molecule has 0 spiro atoms. The van der Waals surface area contributed by atoms with Crippen molar-refractivity contribution in [3.63, 3.8) is 0 Å². The minimum Gasteiger partial charge on any atom is -0.507 e. The van der Waals surface area contributed by atoms with E-state index in [1.54, 1.807) is 6.92 Å². The van der Waals surface area contributed by atoms with Crippen molar-refractivity contribution in [2.45, 2.75) is 342 Å². The maximum atomic E-state index is 14.4. The highest BCUT2D eigenvalue weighted by Crippen LogP contribution is 2.69. The number of aromatic hydroxyl groups is 2. The highest BCUT2D eigenvalue weighted by Gasteiger charge is 2.61. The zero-order valence-electron chi connectivity index (χ0n) is 67.6. The summed E-state index contributed by atoms with van der Waals surface area (Å²) < 4.78 is 24.1. The summed E-state index contributed by atoms with van der Waals surface area (Å²) in [6.07, 6.45) is 26.3. The van der Waals surface area contributed by atoms with Crippen molar-refractivity contribution >= 4 is 52.9 Å². The number of phenols is 2. The van der Waals surface area contributed by atoms with Gasteiger partial charge in [0, 0.05) is 48.8 Å². The largest absolute Gasteiger partial charge is 0.507 e. The predicted molar refractivity (Wildman–Crippen MR) is 415 cm³/mol. The van der Waals surface area contributed by atoms with Gasteiger partial charge in [-0.3, -0.25) is 43.2 Å². The molecule has 5 fully saturated rings. The van der Waals surface area contributed by atoms with Gasteiger partial charge in [-0.25, -0.2) is 0 Å². The Kier molecular flexibility index (Phi) is 30.2. The molecule has 1 saturated heterocycles. The van der Waals surface area contributed by atoms with Crippen LogP contribution >= 0.6 is 0 Å². The molecule has 4 saturated carbocycles. The SMILES string of the molecule is CCCCCCCC/C=C\CCCCCCCC(=O)O[C@@H]1CC[C@@]2(C)[C@H](CC[C@@H]3[C@@H]2CC[C@]2(C)[C@@H]([C@H](C)CCC(=O)N[C@@H](C)C(=O)N[C@@H](CC(C)C)C(=O)N[C@@H](C)C(=O)N[C@@H](CC(C)C)C(=O)N[C@H]4C[C@H](O[C@H]5C[C@](O)(C(C)=O)Cc6c(O)c7c(c(O)c65)C(=O)c5c(OC)cccc5C7=O)O[C@@H](C)[C@H]4O)CC[C@@H]32)C1. The molecule has 22 heteroatoms. The number of hydrogen-bond acceptors (Lipinski definition) is 17. The fourth-order valence-electron chi connectivity index (χ4n) is 20.3. The molecule has 5 amide bonds. The number of Topliss-reactive ketones (excluding diaryl/α,β-unsaturated/α-hetero) is 1. The van der Waals surface area contributed by atoms with E-state index in [0.29, 0.717) is 48.3 Å². The van der Waals surface area contributed by atoms with E-state index >= 15 is 0 Å². The van der Waals surface area contributed by atoms with Gasteiger partial charge in [0.1, 0.15) is 59.2 Å². The van der Waals surface area contributed by atoms with E-state index in [9.17, 15) is 63.6 Å². The first-order chi connectivity index (χ1) is 51.7. The van der Waals surface area contributed by atoms with Crippen LogP contribution in [0.1, 0.15) is 318 Å². The average Bonchev–Trinajstić information content (AvgIpc) is 1.36. The van der Waals surface area contributed by atoms with Crippen LogP contribution in [0.5, 0.6) is 17.2 Å². The number of carbonyl (C=O) groups is 9. The second kappa shape index (κ2) is 38.2. The van der Waals surface area contributed by atoms with Crippen LogP contribution < -0.4 is 31.3 Å². The lowest BCUT2D eigenvalue weighted by molar-refractivity contribution is -0.249. The number of methoxy groups -OCH3 is 1. The molecule has 0 aromatic heterocycles. The number of allylic oxidation sites excluding steroid dienone is 2. The number of hydrogen-bond donors (Lipinski definition) is 9. The van der Waals surface area contributed by atoms with Gasteiger partial charge in [0.2, 0.25) is 35.3 Å². The molecule has 9 N–H and O–H groups in total. The standard InChI is InChI=1S/C87H131N5O17/c1-14-15-16-17-18-19-20-21-22-23-24-25-26-27-28-32-70(95)108-57-39-41-85(11)56(45-57)34-35-58-62-37-36-61(86(62,12)42-40-63(58)85)51(6)33-38-69(94)88-52(7)81(101)91-65(43-49(2)3)83(103)89-53(8)82(102)92-66(44-50(4)5)84(104)90-64-46-71(107-54(9)76(64)96)109-68-48-87(105,55(10)93)47-60-73(68)80(100)75-74(78(60)98)77(97)59-30-29-31-67(106-13)72(59)79(75)99/h21-22,29-31,49-54,56-58,61-66,68,71,76,96,98,100,105H,14-20,23-28,32-48H2,1-13H3,(H,88,94)(H,89,103)(H,90,104)(H,91,101)(H,92,102)/b22-21-/t51-,52+,53+,54+,56-,57-,58+,61-,62+,63+,64+,65+,66+,68+,71+,76-,85+,86-,87+/m1/s1. The van der Waals surface area contributed by atoms with Gasteiger partial charge in [0.25, 0.3) is 0 Å². The summed E-state index contributed by atoms with van der Waals surface area (Å²) in [5.74, 6) is -3.54. The number of esters is 1. The number of amides is 5. The first-order valence-electron chi connectivity index (χ1n) is 41.7. The molecule has 9 rings (SSSR count). The fourth-order valence-corrected chi connectivity index (χ4v) is 20.3. The van der Waals surface area contributed by atoms with Crippen molar-refractivity contribution in [2.75, 3.05) is 7.11 Å². The fraction of sp³-hybridized carbons (Fsp3) is 0.736. The third-order valence-corrected chi connectivity index (χ3v) is 26.4. The number of fused-ring (bicyclic) bond motifs is 8. The summed E-state index contributed by atoms with van der Waals surface area (Å²) in [5, 5.41) is 61.2. The van der Waals surface area contributed by atoms with E-state index in [2.05, 4.69) is 66.4 Å². The van der Waals surface area contributed by atoms with Gasteiger partial charge in [0.15, 0.2) is 17.9 Å². The summed E-state index contributed by atoms with van der Waals surface area (Å²) in [4.78, 5) is 125. The number of aliphatic hydroxyl groups excluding tert-OH is 1. The monoisotopic (exact) mass is 1520 g/mol. The number of nitrogens with one attached hydrogen (secondary N) is 5. The first kappa shape index (κ1) is 86.2. The molecule has 22 nitrogen and oxygen atoms in total. The molecule has 0 bridgehead atoms. The molecule has 7 aliphatic rings. The first-order valence-corrected chi connectivity index (χ1v) is 41.7. The molecule has 1 heterocycles. The van der Waals surface area contributed by atoms with E-state index in [1.165, 1.54) is 135 Å². The molecule has 606 valence electrons. The Labute approximate surface area is 647 Å². The average molecular weight is 1520 g/mol. The zero-order valence-corrected chi connectivity index (χ0v) is 67.6. The van der Waals surface area contributed by atoms with E-state index in [-0.39, 0.29) is 94.3 Å². The Morgan fingerprint density at radius 1 is 0.670 bits per heavy atom. The molecule has 19 atom stereocenters. The highest BCUT2D eigenvalue weighted by atomic mass is 16.7. The van der Waals surface area contributed by atoms with Crippen LogP contribution in [0.4, 0.5) is 0 Å². The normalized spacial score (nSPS) is 29.1. The van der Waals surface area contributed by atoms with E-state index < -0.39 is 137 Å². The van der Waals surface area contributed by atoms with Crippen molar-refractivity contribution in [2.24, 2.45) is 58.2 Å². The smallest absolute Gasteiger partial charge is 0.306 e. The molecule has 2 aromatic rings. The van der Waals surface area contributed by atoms with Crippen LogP contribution in [0, 0.1) is 58.2 Å². The third kappa shape index (κ3) is 20.4. The number of aliphatic hydroxyl groups is 2. The lowest BCUT2D eigenvalue weighted by Crippen LogP contribution is -2.60. The lowest BCUT2D eigenvalue weighted by Gasteiger charge is -2.61. The predicted octanol–water partition coefficient (Wildman–Crippen LogP) is 13.3. The molecule has 2 aromatic carbocycles. The minimum absolute atomic E-state index is 0.0179. The van der Waals surface area contributed by atoms with E-state index in [0.717, 1.165) is 51.9 Å². The molecule has 0 radical (unpaired) electrons. The van der Waals surface area contributed by atoms with Crippen LogP contribution in [0.25, 0.3) is 0 Å². The van der Waals surface area contributed by atoms with E-state index in [4.69, 9.17) is 18.9 Å². The maximum Gasteiger partial charge on any atom is 0.306 e. The van der Waals surface area contributed by atoms with Crippen LogP contribution in [0.15, 0.2) is 30.4 Å². The van der Waals surface area contributed by atoms with Crippen molar-refractivity contribution < 1.29 is 82.5 Å². The van der Waals surface area contributed by atoms with Gasteiger partial charge in [-0.15, -0.1) is 0 Å². The Balaban J connectivity index is 0.717. The highest BCUT2D eigenvalue weighted by molar-refractivity contribution is 6.31. The second-order valence-corrected chi connectivity index (χ2v) is 35.1. The number of ether oxygens (including phenoxy) is 4. The Hall–Kier alpha value is -6.75. The van der Waals surface area contributed by atoms with Crippen molar-refractivity contribution in [1.82, 2.24) is 26.6 Å². The number of unbranched alkanes of at least 4 members (excludes halogenated alkanes) is 11. The quantitative estimate of drug-likeness (QED) is 0.0112. The molecular formula is C87H131N5O17. The van der Waals surface area contributed by atoms with Crippen molar-refractivity contribution in [1.29, 1.82) is 0 Å². The summed E-state index contributed by atoms with van der Waals surface area (Å²) in [5.41, 5.74) is -3.41. The summed E-state index contributed by atoms with van der Waals surface area (Å²) in [6.45, 7) is 22.8. The number of carbonyl (C=O) groups excluding carboxylic acids is 9. The molecule has 109 heavy (non-hydrogen) atoms. The lowest BCUT2D eigenvalue weighted by atomic mass is 9.44. The summed E-state index contributed by atoms with van der Waals surface area (Å²) in [7, 11) is 1.31. The third-order valence-electron chi connectivity index (χ3n) is 26.4. The molecular weight excluding hydrogens is 1390 g/mol. The number of rotatable bonds is 37. The molecule has 0 unspecified atom stereocenters. The van der Waals surface area contributed by atoms with Gasteiger partial charge in [-0.1, -0.05) is 131 Å². The van der Waals surface area contributed by atoms with Crippen molar-refractivity contribution in [3.05, 3.63) is 63.7 Å². The summed E-state index contributed by atoms with van der Waals surface area (Å²) >= 11 is 0. The number of benzene rings is 2. The van der Waals surface area contributed by atoms with Gasteiger partial charge < -0.3 is 66.0 Å². The van der Waals surface area contributed by atoms with E-state index in [1.807, 2.05) is 27.7 Å². The van der Waals surface area contributed by atoms with Gasteiger partial charge >= 0.3 is 5.97 Å².